The van der Waals surface area contributed by atoms with Gasteiger partial charge in [0.25, 0.3) is 0 Å². The summed E-state index contributed by atoms with van der Waals surface area (Å²) in [6, 6.07) is 1.28. The highest BCUT2D eigenvalue weighted by molar-refractivity contribution is 4.87. The lowest BCUT2D eigenvalue weighted by Gasteiger charge is -2.33. The number of fused-ring (bicyclic) bond motifs is 2. The van der Waals surface area contributed by atoms with Crippen molar-refractivity contribution in [3.05, 3.63) is 0 Å². The molecule has 0 radical (unpaired) electrons. The normalized spacial score (nSPS) is 40.5. The van der Waals surface area contributed by atoms with Crippen molar-refractivity contribution in [1.82, 2.24) is 10.4 Å². The van der Waals surface area contributed by atoms with Crippen molar-refractivity contribution in [3.8, 4) is 0 Å². The average Bonchev–Trinajstić information content (AvgIpc) is 2.19. The Labute approximate surface area is 61.3 Å². The van der Waals surface area contributed by atoms with Gasteiger partial charge < -0.3 is 4.74 Å². The van der Waals surface area contributed by atoms with Crippen molar-refractivity contribution in [3.63, 3.8) is 0 Å². The lowest BCUT2D eigenvalue weighted by molar-refractivity contribution is -0.0368. The first-order valence-electron chi connectivity index (χ1n) is 3.95. The van der Waals surface area contributed by atoms with Gasteiger partial charge >= 0.3 is 0 Å². The molecule has 2 bridgehead atoms. The fourth-order valence-electron chi connectivity index (χ4n) is 1.99. The van der Waals surface area contributed by atoms with Crippen LogP contribution in [0, 0.1) is 0 Å². The zero-order valence-corrected chi connectivity index (χ0v) is 6.34. The van der Waals surface area contributed by atoms with Crippen LogP contribution in [0.2, 0.25) is 0 Å². The van der Waals surface area contributed by atoms with E-state index in [2.05, 4.69) is 10.4 Å². The second-order valence-corrected chi connectivity index (χ2v) is 3.05. The summed E-state index contributed by atoms with van der Waals surface area (Å²) in [5.41, 5.74) is 3.22. The molecule has 2 saturated heterocycles. The number of hydrazine groups is 1. The minimum atomic E-state index is 0.642. The second kappa shape index (κ2) is 2.49. The smallest absolute Gasteiger partial charge is 0.0636 e. The van der Waals surface area contributed by atoms with Gasteiger partial charge in [-0.25, -0.2) is 5.01 Å². The van der Waals surface area contributed by atoms with Gasteiger partial charge in [-0.2, -0.15) is 0 Å². The minimum Gasteiger partial charge on any atom is -0.378 e. The minimum absolute atomic E-state index is 0.642. The molecule has 2 fully saturated rings. The number of nitrogens with one attached hydrogen (secondary N) is 1. The maximum atomic E-state index is 5.41. The second-order valence-electron chi connectivity index (χ2n) is 3.05. The van der Waals surface area contributed by atoms with E-state index < -0.39 is 0 Å². The number of nitrogens with zero attached hydrogens (tertiary/aromatic N) is 1. The van der Waals surface area contributed by atoms with E-state index in [1.54, 1.807) is 0 Å². The number of ether oxygens (including phenoxy) is 1. The molecule has 0 amide bonds. The molecule has 2 aliphatic heterocycles. The fraction of sp³-hybridized carbons (Fsp3) is 1.00. The molecule has 1 N–H and O–H groups in total. The Morgan fingerprint density at radius 3 is 2.30 bits per heavy atom. The third-order valence-electron chi connectivity index (χ3n) is 2.50. The Kier molecular flexibility index (Phi) is 1.64. The molecule has 2 unspecified atom stereocenters. The topological polar surface area (TPSA) is 24.5 Å². The van der Waals surface area contributed by atoms with Gasteiger partial charge in [0.1, 0.15) is 0 Å². The molecule has 0 saturated carbocycles. The Bertz CT molecular complexity index is 113. The molecular weight excluding hydrogens is 128 g/mol. The first kappa shape index (κ1) is 6.58. The predicted octanol–water partition coefficient (Wildman–Crippen LogP) is -0.0160. The predicted molar refractivity (Wildman–Crippen MR) is 38.5 cm³/mol. The van der Waals surface area contributed by atoms with E-state index in [1.807, 2.05) is 7.05 Å². The summed E-state index contributed by atoms with van der Waals surface area (Å²) in [6.07, 6.45) is 2.59. The summed E-state index contributed by atoms with van der Waals surface area (Å²) < 4.78 is 5.41. The average molecular weight is 142 g/mol. The first-order chi connectivity index (χ1) is 4.92. The van der Waals surface area contributed by atoms with Crippen molar-refractivity contribution in [2.24, 2.45) is 0 Å². The lowest BCUT2D eigenvalue weighted by atomic mass is 10.2. The molecular formula is C7H14N2O. The van der Waals surface area contributed by atoms with Crippen LogP contribution in [-0.4, -0.2) is 37.4 Å². The van der Waals surface area contributed by atoms with Gasteiger partial charge in [0.2, 0.25) is 0 Å². The van der Waals surface area contributed by atoms with Crippen molar-refractivity contribution < 1.29 is 4.74 Å². The van der Waals surface area contributed by atoms with Gasteiger partial charge in [0, 0.05) is 12.1 Å². The van der Waals surface area contributed by atoms with Crippen LogP contribution in [-0.2, 0) is 4.74 Å². The van der Waals surface area contributed by atoms with E-state index in [-0.39, 0.29) is 0 Å². The molecule has 0 aromatic carbocycles. The van der Waals surface area contributed by atoms with Gasteiger partial charge in [-0.3, -0.25) is 5.43 Å². The molecule has 0 spiro atoms. The van der Waals surface area contributed by atoms with E-state index in [9.17, 15) is 0 Å². The van der Waals surface area contributed by atoms with Crippen molar-refractivity contribution in [2.75, 3.05) is 20.3 Å². The van der Waals surface area contributed by atoms with Crippen molar-refractivity contribution in [2.45, 2.75) is 24.9 Å². The molecule has 58 valence electrons. The summed E-state index contributed by atoms with van der Waals surface area (Å²) in [6.45, 7) is 1.83. The van der Waals surface area contributed by atoms with Crippen LogP contribution >= 0.6 is 0 Å². The van der Waals surface area contributed by atoms with E-state index in [1.165, 1.54) is 12.8 Å². The van der Waals surface area contributed by atoms with Gasteiger partial charge in [0.15, 0.2) is 0 Å². The van der Waals surface area contributed by atoms with Gasteiger partial charge in [0.05, 0.1) is 13.2 Å². The molecule has 0 aromatic rings. The van der Waals surface area contributed by atoms with Gasteiger partial charge in [-0.15, -0.1) is 0 Å². The molecule has 2 aliphatic rings. The highest BCUT2D eigenvalue weighted by atomic mass is 16.5. The SMILES string of the molecule is CNN1C2CCC1COC2. The van der Waals surface area contributed by atoms with Crippen LogP contribution in [0.25, 0.3) is 0 Å². The van der Waals surface area contributed by atoms with Crippen LogP contribution in [0.1, 0.15) is 12.8 Å². The number of rotatable bonds is 1. The van der Waals surface area contributed by atoms with E-state index in [4.69, 9.17) is 4.74 Å². The Hall–Kier alpha value is -0.120. The molecule has 10 heavy (non-hydrogen) atoms. The van der Waals surface area contributed by atoms with Crippen LogP contribution in [0.5, 0.6) is 0 Å². The number of hydrogen-bond donors (Lipinski definition) is 1. The molecule has 0 aromatic heterocycles. The fourth-order valence-corrected chi connectivity index (χ4v) is 1.99. The molecule has 3 nitrogen and oxygen atoms in total. The van der Waals surface area contributed by atoms with E-state index in [0.717, 1.165) is 13.2 Å². The Morgan fingerprint density at radius 2 is 1.90 bits per heavy atom. The summed E-state index contributed by atoms with van der Waals surface area (Å²) in [5.74, 6) is 0. The van der Waals surface area contributed by atoms with Crippen LogP contribution in [0.4, 0.5) is 0 Å². The number of hydrogen-bond acceptors (Lipinski definition) is 3. The summed E-state index contributed by atoms with van der Waals surface area (Å²) >= 11 is 0. The third kappa shape index (κ3) is 0.856. The largest absolute Gasteiger partial charge is 0.378 e. The number of morpholine rings is 1. The monoisotopic (exact) mass is 142 g/mol. The zero-order chi connectivity index (χ0) is 6.97. The maximum Gasteiger partial charge on any atom is 0.0636 e. The zero-order valence-electron chi connectivity index (χ0n) is 6.34. The summed E-state index contributed by atoms with van der Waals surface area (Å²) in [7, 11) is 2.00. The molecule has 0 aliphatic carbocycles. The van der Waals surface area contributed by atoms with Gasteiger partial charge in [-0.05, 0) is 19.9 Å². The summed E-state index contributed by atoms with van der Waals surface area (Å²) in [5, 5.41) is 2.34. The Balaban J connectivity index is 2.06. The van der Waals surface area contributed by atoms with E-state index >= 15 is 0 Å². The maximum absolute atomic E-state index is 5.41. The highest BCUT2D eigenvalue weighted by Crippen LogP contribution is 2.25. The lowest BCUT2D eigenvalue weighted by Crippen LogP contribution is -2.51. The molecule has 2 atom stereocenters. The third-order valence-corrected chi connectivity index (χ3v) is 2.50. The molecule has 2 rings (SSSR count). The molecule has 2 heterocycles. The highest BCUT2D eigenvalue weighted by Gasteiger charge is 2.36. The molecule has 3 heteroatoms. The summed E-state index contributed by atoms with van der Waals surface area (Å²) in [4.78, 5) is 0. The quantitative estimate of drug-likeness (QED) is 0.557. The standard InChI is InChI=1S/C7H14N2O/c1-8-9-6-2-3-7(9)5-10-4-6/h6-8H,2-5H2,1H3. The Morgan fingerprint density at radius 1 is 1.30 bits per heavy atom. The van der Waals surface area contributed by atoms with Crippen molar-refractivity contribution >= 4 is 0 Å². The first-order valence-corrected chi connectivity index (χ1v) is 3.95. The van der Waals surface area contributed by atoms with Crippen molar-refractivity contribution in [1.29, 1.82) is 0 Å². The van der Waals surface area contributed by atoms with Crippen LogP contribution in [0.15, 0.2) is 0 Å². The van der Waals surface area contributed by atoms with Crippen LogP contribution < -0.4 is 5.43 Å². The van der Waals surface area contributed by atoms with Crippen LogP contribution in [0.3, 0.4) is 0 Å². The van der Waals surface area contributed by atoms with Gasteiger partial charge in [-0.1, -0.05) is 0 Å². The van der Waals surface area contributed by atoms with E-state index in [0.29, 0.717) is 12.1 Å².